The van der Waals surface area contributed by atoms with Gasteiger partial charge in [-0.15, -0.1) is 0 Å². The molecule has 0 radical (unpaired) electrons. The summed E-state index contributed by atoms with van der Waals surface area (Å²) in [4.78, 5) is 13.2. The van der Waals surface area contributed by atoms with Gasteiger partial charge in [-0.25, -0.2) is 16.8 Å². The molecule has 0 aliphatic carbocycles. The SMILES string of the molecule is Cc1ccc(S(=O)(=O)Nc2cc(C(=O)Nc3ccc(S(=O)(=O)N4CCCCCC4)cc3)ccc2C)cc1. The first-order valence-electron chi connectivity index (χ1n) is 12.2. The molecule has 37 heavy (non-hydrogen) atoms. The molecule has 1 heterocycles. The summed E-state index contributed by atoms with van der Waals surface area (Å²) >= 11 is 0. The van der Waals surface area contributed by atoms with Crippen LogP contribution >= 0.6 is 0 Å². The highest BCUT2D eigenvalue weighted by atomic mass is 32.2. The first-order valence-corrected chi connectivity index (χ1v) is 15.1. The Morgan fingerprint density at radius 1 is 0.757 bits per heavy atom. The summed E-state index contributed by atoms with van der Waals surface area (Å²) < 4.78 is 55.7. The lowest BCUT2D eigenvalue weighted by atomic mass is 10.1. The zero-order valence-electron chi connectivity index (χ0n) is 20.9. The quantitative estimate of drug-likeness (QED) is 0.441. The van der Waals surface area contributed by atoms with Crippen molar-refractivity contribution in [3.8, 4) is 0 Å². The van der Waals surface area contributed by atoms with E-state index in [9.17, 15) is 21.6 Å². The number of rotatable bonds is 7. The van der Waals surface area contributed by atoms with Crippen molar-refractivity contribution < 1.29 is 21.6 Å². The van der Waals surface area contributed by atoms with Crippen LogP contribution in [0.25, 0.3) is 0 Å². The molecule has 0 bridgehead atoms. The average Bonchev–Trinajstić information content (AvgIpc) is 3.16. The molecule has 0 unspecified atom stereocenters. The first-order chi connectivity index (χ1) is 17.6. The summed E-state index contributed by atoms with van der Waals surface area (Å²) in [6, 6.07) is 17.3. The first kappa shape index (κ1) is 26.8. The molecular formula is C27H31N3O5S2. The number of carbonyl (C=O) groups is 1. The maximum atomic E-state index is 13.0. The summed E-state index contributed by atoms with van der Waals surface area (Å²) in [7, 11) is -7.41. The van der Waals surface area contributed by atoms with E-state index >= 15 is 0 Å². The summed E-state index contributed by atoms with van der Waals surface area (Å²) in [5.41, 5.74) is 2.60. The summed E-state index contributed by atoms with van der Waals surface area (Å²) in [5.74, 6) is -0.445. The number of amides is 1. The summed E-state index contributed by atoms with van der Waals surface area (Å²) in [6.45, 7) is 4.66. The summed E-state index contributed by atoms with van der Waals surface area (Å²) in [6.07, 6.45) is 3.77. The van der Waals surface area contributed by atoms with Gasteiger partial charge in [0.15, 0.2) is 0 Å². The number of carbonyl (C=O) groups excluding carboxylic acids is 1. The number of sulfonamides is 2. The van der Waals surface area contributed by atoms with Crippen LogP contribution < -0.4 is 10.0 Å². The topological polar surface area (TPSA) is 113 Å². The van der Waals surface area contributed by atoms with Crippen molar-refractivity contribution in [2.24, 2.45) is 0 Å². The monoisotopic (exact) mass is 541 g/mol. The van der Waals surface area contributed by atoms with Crippen LogP contribution in [0.1, 0.15) is 47.2 Å². The Kier molecular flexibility index (Phi) is 8.01. The largest absolute Gasteiger partial charge is 0.322 e. The minimum atomic E-state index is -3.83. The Morgan fingerprint density at radius 2 is 1.35 bits per heavy atom. The van der Waals surface area contributed by atoms with Gasteiger partial charge in [-0.1, -0.05) is 36.6 Å². The lowest BCUT2D eigenvalue weighted by Crippen LogP contribution is -2.31. The van der Waals surface area contributed by atoms with E-state index in [1.807, 2.05) is 6.92 Å². The molecule has 4 rings (SSSR count). The van der Waals surface area contributed by atoms with Gasteiger partial charge in [-0.2, -0.15) is 4.31 Å². The number of nitrogens with one attached hydrogen (secondary N) is 2. The van der Waals surface area contributed by atoms with Gasteiger partial charge >= 0.3 is 0 Å². The van der Waals surface area contributed by atoms with Crippen molar-refractivity contribution in [2.45, 2.75) is 49.3 Å². The van der Waals surface area contributed by atoms with Gasteiger partial charge in [-0.3, -0.25) is 9.52 Å². The molecular weight excluding hydrogens is 510 g/mol. The molecule has 2 N–H and O–H groups in total. The van der Waals surface area contributed by atoms with Crippen molar-refractivity contribution in [3.05, 3.63) is 83.4 Å². The Labute approximate surface area is 218 Å². The van der Waals surface area contributed by atoms with Crippen molar-refractivity contribution in [3.63, 3.8) is 0 Å². The standard InChI is InChI=1S/C27H31N3O5S2/c1-20-7-13-24(14-8-20)36(32,33)29-26-19-22(10-9-21(26)2)27(31)28-23-11-15-25(16-12-23)37(34,35)30-17-5-3-4-6-18-30/h7-16,19,29H,3-6,17-18H2,1-2H3,(H,28,31). The van der Waals surface area contributed by atoms with E-state index < -0.39 is 26.0 Å². The molecule has 1 amide bonds. The smallest absolute Gasteiger partial charge is 0.261 e. The van der Waals surface area contributed by atoms with Crippen LogP contribution in [0.15, 0.2) is 76.5 Å². The number of benzene rings is 3. The van der Waals surface area contributed by atoms with E-state index in [2.05, 4.69) is 10.0 Å². The third-order valence-electron chi connectivity index (χ3n) is 6.39. The van der Waals surface area contributed by atoms with E-state index in [1.54, 1.807) is 43.3 Å². The van der Waals surface area contributed by atoms with E-state index in [-0.39, 0.29) is 15.4 Å². The molecule has 8 nitrogen and oxygen atoms in total. The second-order valence-electron chi connectivity index (χ2n) is 9.25. The molecule has 196 valence electrons. The molecule has 0 aromatic heterocycles. The molecule has 1 fully saturated rings. The molecule has 10 heteroatoms. The highest BCUT2D eigenvalue weighted by molar-refractivity contribution is 7.92. The Hall–Kier alpha value is -3.21. The van der Waals surface area contributed by atoms with Crippen molar-refractivity contribution in [2.75, 3.05) is 23.1 Å². The van der Waals surface area contributed by atoms with Crippen molar-refractivity contribution in [1.29, 1.82) is 0 Å². The van der Waals surface area contributed by atoms with Crippen LogP contribution in [0.3, 0.4) is 0 Å². The number of hydrogen-bond acceptors (Lipinski definition) is 5. The molecule has 0 atom stereocenters. The maximum Gasteiger partial charge on any atom is 0.261 e. The van der Waals surface area contributed by atoms with E-state index in [0.29, 0.717) is 30.0 Å². The van der Waals surface area contributed by atoms with E-state index in [4.69, 9.17) is 0 Å². The third kappa shape index (κ3) is 6.38. The van der Waals surface area contributed by atoms with Crippen LogP contribution in [-0.2, 0) is 20.0 Å². The van der Waals surface area contributed by atoms with Crippen LogP contribution in [0.5, 0.6) is 0 Å². The molecule has 0 saturated carbocycles. The van der Waals surface area contributed by atoms with Gasteiger partial charge in [0.05, 0.1) is 15.5 Å². The molecule has 1 aliphatic heterocycles. The van der Waals surface area contributed by atoms with Crippen LogP contribution in [0, 0.1) is 13.8 Å². The summed E-state index contributed by atoms with van der Waals surface area (Å²) in [5, 5.41) is 2.75. The van der Waals surface area contributed by atoms with Gasteiger partial charge in [0.2, 0.25) is 10.0 Å². The van der Waals surface area contributed by atoms with Crippen LogP contribution in [0.2, 0.25) is 0 Å². The Balaban J connectivity index is 1.48. The van der Waals surface area contributed by atoms with Gasteiger partial charge in [0.25, 0.3) is 15.9 Å². The van der Waals surface area contributed by atoms with E-state index in [1.165, 1.54) is 34.6 Å². The number of nitrogens with zero attached hydrogens (tertiary/aromatic N) is 1. The molecule has 1 saturated heterocycles. The zero-order chi connectivity index (χ0) is 26.6. The highest BCUT2D eigenvalue weighted by Crippen LogP contribution is 2.24. The Morgan fingerprint density at radius 3 is 1.97 bits per heavy atom. The van der Waals surface area contributed by atoms with Gasteiger partial charge in [0, 0.05) is 24.3 Å². The fourth-order valence-corrected chi connectivity index (χ4v) is 6.78. The highest BCUT2D eigenvalue weighted by Gasteiger charge is 2.25. The van der Waals surface area contributed by atoms with Gasteiger partial charge < -0.3 is 5.32 Å². The van der Waals surface area contributed by atoms with Crippen molar-refractivity contribution in [1.82, 2.24) is 4.31 Å². The predicted molar refractivity (Wildman–Crippen MR) is 145 cm³/mol. The minimum absolute atomic E-state index is 0.127. The second kappa shape index (κ2) is 11.0. The second-order valence-corrected chi connectivity index (χ2v) is 12.9. The minimum Gasteiger partial charge on any atom is -0.322 e. The zero-order valence-corrected chi connectivity index (χ0v) is 22.5. The van der Waals surface area contributed by atoms with Crippen LogP contribution in [0.4, 0.5) is 11.4 Å². The lowest BCUT2D eigenvalue weighted by molar-refractivity contribution is 0.102. The molecule has 1 aliphatic rings. The van der Waals surface area contributed by atoms with Gasteiger partial charge in [-0.05, 0) is 80.8 Å². The lowest BCUT2D eigenvalue weighted by Gasteiger charge is -2.20. The third-order valence-corrected chi connectivity index (χ3v) is 9.68. The number of hydrogen-bond donors (Lipinski definition) is 2. The van der Waals surface area contributed by atoms with E-state index in [0.717, 1.165) is 31.2 Å². The van der Waals surface area contributed by atoms with Crippen LogP contribution in [-0.4, -0.2) is 40.1 Å². The Bertz CT molecular complexity index is 1480. The number of anilines is 2. The van der Waals surface area contributed by atoms with Crippen molar-refractivity contribution >= 4 is 37.3 Å². The predicted octanol–water partition coefficient (Wildman–Crippen LogP) is 4.92. The fourth-order valence-electron chi connectivity index (χ4n) is 4.14. The molecule has 3 aromatic carbocycles. The average molecular weight is 542 g/mol. The maximum absolute atomic E-state index is 13.0. The fraction of sp³-hybridized carbons (Fsp3) is 0.296. The molecule has 0 spiro atoms. The normalized spacial score (nSPS) is 15.1. The molecule has 3 aromatic rings. The number of aryl methyl sites for hydroxylation is 2. The van der Waals surface area contributed by atoms with Gasteiger partial charge in [0.1, 0.15) is 0 Å².